The summed E-state index contributed by atoms with van der Waals surface area (Å²) in [5.41, 5.74) is 2.22. The zero-order valence-corrected chi connectivity index (χ0v) is 15.3. The van der Waals surface area contributed by atoms with E-state index in [0.717, 1.165) is 5.56 Å². The number of anilines is 1. The Labute approximate surface area is 165 Å². The van der Waals surface area contributed by atoms with Gasteiger partial charge in [-0.05, 0) is 30.3 Å². The molecular weight excluding hydrogens is 379 g/mol. The summed E-state index contributed by atoms with van der Waals surface area (Å²) in [5, 5.41) is 2.65. The third-order valence-electron chi connectivity index (χ3n) is 4.14. The van der Waals surface area contributed by atoms with E-state index in [0.29, 0.717) is 28.5 Å². The molecule has 4 rings (SSSR count). The van der Waals surface area contributed by atoms with E-state index in [-0.39, 0.29) is 10.9 Å². The lowest BCUT2D eigenvalue weighted by Gasteiger charge is -2.09. The fourth-order valence-corrected chi connectivity index (χ4v) is 2.95. The summed E-state index contributed by atoms with van der Waals surface area (Å²) in [6, 6.07) is 20.5. The normalized spacial score (nSPS) is 10.6. The number of benzene rings is 3. The minimum absolute atomic E-state index is 0.0636. The highest BCUT2D eigenvalue weighted by molar-refractivity contribution is 6.31. The first-order valence-electron chi connectivity index (χ1n) is 8.49. The summed E-state index contributed by atoms with van der Waals surface area (Å²) in [6.45, 7) is 0. The Morgan fingerprint density at radius 3 is 2.54 bits per heavy atom. The molecular formula is C22H14ClFN2O2. The van der Waals surface area contributed by atoms with E-state index in [4.69, 9.17) is 16.0 Å². The monoisotopic (exact) mass is 392 g/mol. The Kier molecular flexibility index (Phi) is 4.91. The number of hydrogen-bond acceptors (Lipinski definition) is 3. The van der Waals surface area contributed by atoms with Crippen LogP contribution in [0.5, 0.6) is 0 Å². The Morgan fingerprint density at radius 1 is 1.00 bits per heavy atom. The lowest BCUT2D eigenvalue weighted by Crippen LogP contribution is -2.13. The van der Waals surface area contributed by atoms with Gasteiger partial charge in [0.25, 0.3) is 5.91 Å². The zero-order valence-electron chi connectivity index (χ0n) is 14.5. The Bertz CT molecular complexity index is 1140. The molecule has 0 bridgehead atoms. The minimum Gasteiger partial charge on any atom is -0.436 e. The van der Waals surface area contributed by atoms with Crippen molar-refractivity contribution < 1.29 is 13.6 Å². The van der Waals surface area contributed by atoms with Crippen molar-refractivity contribution in [2.24, 2.45) is 0 Å². The van der Waals surface area contributed by atoms with Gasteiger partial charge in [0.2, 0.25) is 5.89 Å². The standard InChI is InChI=1S/C22H14ClFN2O2/c23-18-12-15(10-11-19(18)24)26-21(27)16-8-4-5-9-17(16)22-25-13-20(28-22)14-6-2-1-3-7-14/h1-13H,(H,26,27). The largest absolute Gasteiger partial charge is 0.436 e. The van der Waals surface area contributed by atoms with Gasteiger partial charge in [-0.25, -0.2) is 9.37 Å². The predicted molar refractivity (Wildman–Crippen MR) is 107 cm³/mol. The van der Waals surface area contributed by atoms with Crippen molar-refractivity contribution in [3.8, 4) is 22.8 Å². The summed E-state index contributed by atoms with van der Waals surface area (Å²) < 4.78 is 19.2. The maximum atomic E-state index is 13.3. The number of oxazole rings is 1. The molecule has 1 N–H and O–H groups in total. The van der Waals surface area contributed by atoms with E-state index in [1.165, 1.54) is 18.2 Å². The molecule has 6 heteroatoms. The molecule has 4 aromatic rings. The number of halogens is 2. The number of nitrogens with zero attached hydrogens (tertiary/aromatic N) is 1. The van der Waals surface area contributed by atoms with Crippen molar-refractivity contribution in [3.63, 3.8) is 0 Å². The van der Waals surface area contributed by atoms with Gasteiger partial charge in [-0.15, -0.1) is 0 Å². The van der Waals surface area contributed by atoms with Crippen LogP contribution in [0.3, 0.4) is 0 Å². The van der Waals surface area contributed by atoms with Crippen LogP contribution >= 0.6 is 11.6 Å². The Hall–Kier alpha value is -3.44. The van der Waals surface area contributed by atoms with E-state index in [2.05, 4.69) is 10.3 Å². The second kappa shape index (κ2) is 7.66. The Balaban J connectivity index is 1.64. The summed E-state index contributed by atoms with van der Waals surface area (Å²) >= 11 is 5.78. The lowest BCUT2D eigenvalue weighted by molar-refractivity contribution is 0.102. The second-order valence-corrected chi connectivity index (χ2v) is 6.43. The van der Waals surface area contributed by atoms with Crippen LogP contribution in [0, 0.1) is 5.82 Å². The van der Waals surface area contributed by atoms with E-state index < -0.39 is 5.82 Å². The van der Waals surface area contributed by atoms with E-state index >= 15 is 0 Å². The van der Waals surface area contributed by atoms with Crippen molar-refractivity contribution in [3.05, 3.63) is 95.4 Å². The van der Waals surface area contributed by atoms with Gasteiger partial charge in [0.1, 0.15) is 5.82 Å². The number of carbonyl (C=O) groups excluding carboxylic acids is 1. The SMILES string of the molecule is O=C(Nc1ccc(F)c(Cl)c1)c1ccccc1-c1ncc(-c2ccccc2)o1. The predicted octanol–water partition coefficient (Wildman–Crippen LogP) is 6.05. The van der Waals surface area contributed by atoms with Crippen molar-refractivity contribution >= 4 is 23.2 Å². The van der Waals surface area contributed by atoms with E-state index in [9.17, 15) is 9.18 Å². The minimum atomic E-state index is -0.548. The van der Waals surface area contributed by atoms with Crippen molar-refractivity contribution in [2.75, 3.05) is 5.32 Å². The van der Waals surface area contributed by atoms with E-state index in [1.807, 2.05) is 30.3 Å². The third-order valence-corrected chi connectivity index (χ3v) is 4.43. The van der Waals surface area contributed by atoms with Crippen LogP contribution in [0.2, 0.25) is 5.02 Å². The molecule has 1 heterocycles. The van der Waals surface area contributed by atoms with Crippen LogP contribution in [0.15, 0.2) is 83.4 Å². The molecule has 0 spiro atoms. The molecule has 3 aromatic carbocycles. The molecule has 0 aliphatic heterocycles. The number of aromatic nitrogens is 1. The van der Waals surface area contributed by atoms with Crippen LogP contribution < -0.4 is 5.32 Å². The molecule has 138 valence electrons. The molecule has 0 fully saturated rings. The maximum Gasteiger partial charge on any atom is 0.256 e. The molecule has 0 atom stereocenters. The number of rotatable bonds is 4. The quantitative estimate of drug-likeness (QED) is 0.459. The molecule has 0 saturated heterocycles. The molecule has 4 nitrogen and oxygen atoms in total. The molecule has 0 aliphatic carbocycles. The molecule has 0 saturated carbocycles. The van der Waals surface area contributed by atoms with Gasteiger partial charge in [-0.3, -0.25) is 4.79 Å². The smallest absolute Gasteiger partial charge is 0.256 e. The zero-order chi connectivity index (χ0) is 19.5. The molecule has 28 heavy (non-hydrogen) atoms. The Morgan fingerprint density at radius 2 is 1.75 bits per heavy atom. The van der Waals surface area contributed by atoms with Gasteiger partial charge >= 0.3 is 0 Å². The molecule has 0 aliphatic rings. The van der Waals surface area contributed by atoms with Crippen LogP contribution in [0.1, 0.15) is 10.4 Å². The first-order chi connectivity index (χ1) is 13.6. The van der Waals surface area contributed by atoms with Gasteiger partial charge in [-0.1, -0.05) is 54.1 Å². The third kappa shape index (κ3) is 3.66. The molecule has 1 aromatic heterocycles. The van der Waals surface area contributed by atoms with Crippen LogP contribution in [0.4, 0.5) is 10.1 Å². The van der Waals surface area contributed by atoms with Crippen molar-refractivity contribution in [2.45, 2.75) is 0 Å². The fraction of sp³-hybridized carbons (Fsp3) is 0. The highest BCUT2D eigenvalue weighted by Gasteiger charge is 2.17. The highest BCUT2D eigenvalue weighted by atomic mass is 35.5. The van der Waals surface area contributed by atoms with Gasteiger partial charge in [0.15, 0.2) is 5.76 Å². The van der Waals surface area contributed by atoms with Gasteiger partial charge < -0.3 is 9.73 Å². The summed E-state index contributed by atoms with van der Waals surface area (Å²) in [4.78, 5) is 17.1. The fourth-order valence-electron chi connectivity index (χ4n) is 2.77. The number of hydrogen-bond donors (Lipinski definition) is 1. The number of nitrogens with one attached hydrogen (secondary N) is 1. The first-order valence-corrected chi connectivity index (χ1v) is 8.86. The van der Waals surface area contributed by atoms with Crippen molar-refractivity contribution in [1.82, 2.24) is 4.98 Å². The number of amides is 1. The molecule has 1 amide bonds. The number of carbonyl (C=O) groups is 1. The van der Waals surface area contributed by atoms with Gasteiger partial charge in [0.05, 0.1) is 16.8 Å². The maximum absolute atomic E-state index is 13.3. The molecule has 0 unspecified atom stereocenters. The molecule has 0 radical (unpaired) electrons. The average molecular weight is 393 g/mol. The summed E-state index contributed by atoms with van der Waals surface area (Å²) in [6.07, 6.45) is 1.62. The lowest BCUT2D eigenvalue weighted by atomic mass is 10.1. The summed E-state index contributed by atoms with van der Waals surface area (Å²) in [5.74, 6) is 0.0175. The van der Waals surface area contributed by atoms with Crippen molar-refractivity contribution in [1.29, 1.82) is 0 Å². The average Bonchev–Trinajstić information content (AvgIpc) is 3.21. The highest BCUT2D eigenvalue weighted by Crippen LogP contribution is 2.29. The second-order valence-electron chi connectivity index (χ2n) is 6.02. The topological polar surface area (TPSA) is 55.1 Å². The summed E-state index contributed by atoms with van der Waals surface area (Å²) in [7, 11) is 0. The van der Waals surface area contributed by atoms with Gasteiger partial charge in [-0.2, -0.15) is 0 Å². The van der Waals surface area contributed by atoms with Crippen LogP contribution in [-0.4, -0.2) is 10.9 Å². The van der Waals surface area contributed by atoms with Crippen LogP contribution in [0.25, 0.3) is 22.8 Å². The van der Waals surface area contributed by atoms with Gasteiger partial charge in [0, 0.05) is 16.8 Å². The van der Waals surface area contributed by atoms with E-state index in [1.54, 1.807) is 30.5 Å². The first kappa shape index (κ1) is 17.9. The van der Waals surface area contributed by atoms with Crippen LogP contribution in [-0.2, 0) is 0 Å².